The van der Waals surface area contributed by atoms with Crippen molar-refractivity contribution < 1.29 is 0 Å². The molecular formula is C7H4BrClN2S. The highest BCUT2D eigenvalue weighted by atomic mass is 79.9. The molecule has 0 aliphatic heterocycles. The van der Waals surface area contributed by atoms with Crippen LogP contribution in [0.2, 0.25) is 5.15 Å². The van der Waals surface area contributed by atoms with E-state index in [-0.39, 0.29) is 0 Å². The maximum Gasteiger partial charge on any atom is 0.150 e. The fourth-order valence-electron chi connectivity index (χ4n) is 0.975. The molecule has 12 heavy (non-hydrogen) atoms. The van der Waals surface area contributed by atoms with Gasteiger partial charge in [-0.15, -0.1) is 11.3 Å². The monoisotopic (exact) mass is 262 g/mol. The summed E-state index contributed by atoms with van der Waals surface area (Å²) in [5, 5.41) is 0.535. The van der Waals surface area contributed by atoms with Crippen molar-refractivity contribution in [2.45, 2.75) is 6.92 Å². The van der Waals surface area contributed by atoms with Crippen LogP contribution in [0.25, 0.3) is 10.2 Å². The van der Waals surface area contributed by atoms with Gasteiger partial charge >= 0.3 is 0 Å². The first-order valence-corrected chi connectivity index (χ1v) is 5.25. The second-order valence-electron chi connectivity index (χ2n) is 2.33. The van der Waals surface area contributed by atoms with Gasteiger partial charge in [-0.2, -0.15) is 0 Å². The summed E-state index contributed by atoms with van der Waals surface area (Å²) >= 11 is 10.8. The molecule has 2 nitrogen and oxygen atoms in total. The molecule has 62 valence electrons. The first-order valence-electron chi connectivity index (χ1n) is 3.26. The molecule has 0 atom stereocenters. The maximum absolute atomic E-state index is 5.91. The summed E-state index contributed by atoms with van der Waals surface area (Å²) in [6, 6.07) is 1.94. The second-order valence-corrected chi connectivity index (χ2v) is 5.12. The lowest BCUT2D eigenvalue weighted by Gasteiger charge is -1.93. The van der Waals surface area contributed by atoms with E-state index >= 15 is 0 Å². The van der Waals surface area contributed by atoms with Crippen molar-refractivity contribution >= 4 is 49.1 Å². The molecule has 0 bridgehead atoms. The van der Waals surface area contributed by atoms with E-state index in [1.807, 2.05) is 13.0 Å². The Balaban J connectivity index is 2.88. The Kier molecular flexibility index (Phi) is 2.06. The first kappa shape index (κ1) is 8.41. The lowest BCUT2D eigenvalue weighted by Crippen LogP contribution is -1.86. The lowest BCUT2D eigenvalue weighted by molar-refractivity contribution is 1.10. The minimum absolute atomic E-state index is 0.535. The summed E-state index contributed by atoms with van der Waals surface area (Å²) in [5.41, 5.74) is 0.907. The minimum Gasteiger partial charge on any atom is -0.232 e. The van der Waals surface area contributed by atoms with Crippen molar-refractivity contribution in [2.75, 3.05) is 0 Å². The molecule has 0 aromatic carbocycles. The fraction of sp³-hybridized carbons (Fsp3) is 0.143. The Morgan fingerprint density at radius 3 is 3.00 bits per heavy atom. The maximum atomic E-state index is 5.91. The van der Waals surface area contributed by atoms with E-state index in [2.05, 4.69) is 25.9 Å². The van der Waals surface area contributed by atoms with Crippen LogP contribution < -0.4 is 0 Å². The van der Waals surface area contributed by atoms with Gasteiger partial charge in [-0.3, -0.25) is 0 Å². The van der Waals surface area contributed by atoms with Crippen LogP contribution in [0.5, 0.6) is 0 Å². The summed E-state index contributed by atoms with van der Waals surface area (Å²) in [6.45, 7) is 1.83. The smallest absolute Gasteiger partial charge is 0.150 e. The van der Waals surface area contributed by atoms with Gasteiger partial charge in [0.1, 0.15) is 5.82 Å². The summed E-state index contributed by atoms with van der Waals surface area (Å²) in [4.78, 5) is 8.30. The average Bonchev–Trinajstić information content (AvgIpc) is 2.29. The van der Waals surface area contributed by atoms with E-state index in [1.54, 1.807) is 11.3 Å². The largest absolute Gasteiger partial charge is 0.232 e. The Hall–Kier alpha value is -0.190. The number of aromatic nitrogens is 2. The summed E-state index contributed by atoms with van der Waals surface area (Å²) in [6.07, 6.45) is 0. The van der Waals surface area contributed by atoms with Gasteiger partial charge in [-0.05, 0) is 28.9 Å². The van der Waals surface area contributed by atoms with Crippen LogP contribution in [0.15, 0.2) is 9.85 Å². The van der Waals surface area contributed by atoms with E-state index in [1.165, 1.54) is 0 Å². The normalized spacial score (nSPS) is 10.9. The predicted molar refractivity (Wildman–Crippen MR) is 54.9 cm³/mol. The molecule has 0 amide bonds. The standard InChI is InChI=1S/C7H4BrClN2S/c1-3-10-4-2-5(8)12-6(4)7(9)11-3/h2H,1H3. The topological polar surface area (TPSA) is 25.8 Å². The molecule has 0 N–H and O–H groups in total. The molecule has 0 aliphatic rings. The number of hydrogen-bond donors (Lipinski definition) is 0. The van der Waals surface area contributed by atoms with Gasteiger partial charge in [-0.1, -0.05) is 11.6 Å². The molecule has 2 aromatic heterocycles. The van der Waals surface area contributed by atoms with E-state index in [0.717, 1.165) is 14.0 Å². The van der Waals surface area contributed by atoms with Crippen molar-refractivity contribution in [3.63, 3.8) is 0 Å². The third kappa shape index (κ3) is 1.34. The van der Waals surface area contributed by atoms with Gasteiger partial charge in [0.2, 0.25) is 0 Å². The number of hydrogen-bond acceptors (Lipinski definition) is 3. The van der Waals surface area contributed by atoms with Crippen LogP contribution in [0, 0.1) is 6.92 Å². The van der Waals surface area contributed by atoms with Crippen molar-refractivity contribution in [2.24, 2.45) is 0 Å². The average molecular weight is 264 g/mol. The lowest BCUT2D eigenvalue weighted by atomic mass is 10.5. The molecule has 2 aromatic rings. The van der Waals surface area contributed by atoms with Gasteiger partial charge < -0.3 is 0 Å². The number of thiophene rings is 1. The molecule has 0 aliphatic carbocycles. The molecular weight excluding hydrogens is 260 g/mol. The van der Waals surface area contributed by atoms with Gasteiger partial charge in [-0.25, -0.2) is 9.97 Å². The van der Waals surface area contributed by atoms with E-state index < -0.39 is 0 Å². The van der Waals surface area contributed by atoms with Gasteiger partial charge in [0, 0.05) is 0 Å². The predicted octanol–water partition coefficient (Wildman–Crippen LogP) is 3.42. The number of fused-ring (bicyclic) bond motifs is 1. The van der Waals surface area contributed by atoms with Crippen LogP contribution in [0.4, 0.5) is 0 Å². The molecule has 0 fully saturated rings. The van der Waals surface area contributed by atoms with Crippen molar-refractivity contribution in [3.8, 4) is 0 Å². The van der Waals surface area contributed by atoms with Crippen molar-refractivity contribution in [1.82, 2.24) is 9.97 Å². The van der Waals surface area contributed by atoms with Crippen LogP contribution >= 0.6 is 38.9 Å². The van der Waals surface area contributed by atoms with Gasteiger partial charge in [0.25, 0.3) is 0 Å². The van der Waals surface area contributed by atoms with E-state index in [0.29, 0.717) is 11.0 Å². The third-order valence-corrected chi connectivity index (χ3v) is 3.43. The van der Waals surface area contributed by atoms with Crippen molar-refractivity contribution in [3.05, 3.63) is 20.8 Å². The van der Waals surface area contributed by atoms with Crippen LogP contribution in [-0.2, 0) is 0 Å². The van der Waals surface area contributed by atoms with Crippen LogP contribution in [-0.4, -0.2) is 9.97 Å². The highest BCUT2D eigenvalue weighted by molar-refractivity contribution is 9.11. The molecule has 5 heteroatoms. The highest BCUT2D eigenvalue weighted by Gasteiger charge is 2.06. The summed E-state index contributed by atoms with van der Waals surface area (Å²) < 4.78 is 1.97. The Morgan fingerprint density at radius 2 is 2.25 bits per heavy atom. The highest BCUT2D eigenvalue weighted by Crippen LogP contribution is 2.32. The van der Waals surface area contributed by atoms with Crippen molar-refractivity contribution in [1.29, 1.82) is 0 Å². The number of aryl methyl sites for hydroxylation is 1. The first-order chi connectivity index (χ1) is 5.66. The van der Waals surface area contributed by atoms with Crippen LogP contribution in [0.3, 0.4) is 0 Å². The molecule has 0 unspecified atom stereocenters. The molecule has 2 heterocycles. The zero-order valence-electron chi connectivity index (χ0n) is 6.14. The van der Waals surface area contributed by atoms with E-state index in [9.17, 15) is 0 Å². The van der Waals surface area contributed by atoms with E-state index in [4.69, 9.17) is 11.6 Å². The minimum atomic E-state index is 0.535. The SMILES string of the molecule is Cc1nc(Cl)c2sc(Br)cc2n1. The van der Waals surface area contributed by atoms with Gasteiger partial charge in [0.05, 0.1) is 14.0 Å². The number of rotatable bonds is 0. The molecule has 0 spiro atoms. The quantitative estimate of drug-likeness (QED) is 0.681. The fourth-order valence-corrected chi connectivity index (χ4v) is 2.72. The molecule has 2 rings (SSSR count). The van der Waals surface area contributed by atoms with Gasteiger partial charge in [0.15, 0.2) is 5.15 Å². The van der Waals surface area contributed by atoms with Crippen LogP contribution in [0.1, 0.15) is 5.82 Å². The number of halogens is 2. The summed E-state index contributed by atoms with van der Waals surface area (Å²) in [5.74, 6) is 0.706. The zero-order chi connectivity index (χ0) is 8.72. The Labute approximate surface area is 86.7 Å². The Bertz CT molecular complexity index is 440. The third-order valence-electron chi connectivity index (χ3n) is 1.41. The molecule has 0 saturated carbocycles. The zero-order valence-corrected chi connectivity index (χ0v) is 9.29. The second kappa shape index (κ2) is 2.94. The molecule has 0 saturated heterocycles. The summed E-state index contributed by atoms with van der Waals surface area (Å²) in [7, 11) is 0. The molecule has 0 radical (unpaired) electrons. The number of nitrogens with zero attached hydrogens (tertiary/aromatic N) is 2. The Morgan fingerprint density at radius 1 is 1.50 bits per heavy atom.